The van der Waals surface area contributed by atoms with Gasteiger partial charge in [0, 0.05) is 38.0 Å². The molecule has 0 spiro atoms. The zero-order valence-corrected chi connectivity index (χ0v) is 14.1. The molecule has 0 saturated heterocycles. The van der Waals surface area contributed by atoms with E-state index in [1.54, 1.807) is 0 Å². The molecule has 0 bridgehead atoms. The average molecular weight is 402 g/mol. The van der Waals surface area contributed by atoms with Crippen LogP contribution in [0.1, 0.15) is 0 Å². The van der Waals surface area contributed by atoms with Gasteiger partial charge in [-0.3, -0.25) is 0 Å². The maximum absolute atomic E-state index is 4.65. The molecule has 0 atom stereocenters. The number of benzene rings is 2. The predicted octanol–water partition coefficient (Wildman–Crippen LogP) is 5.66. The number of hydrogen-bond acceptors (Lipinski definition) is 1. The van der Waals surface area contributed by atoms with Crippen LogP contribution in [0.4, 0.5) is 0 Å². The molecule has 2 aliphatic rings. The number of pyridine rings is 1. The van der Waals surface area contributed by atoms with Gasteiger partial charge in [0.2, 0.25) is 0 Å². The van der Waals surface area contributed by atoms with E-state index in [1.807, 2.05) is 18.3 Å². The first-order chi connectivity index (χ1) is 10.2. The largest absolute Gasteiger partial charge is 0.323 e. The van der Waals surface area contributed by atoms with Crippen LogP contribution in [0.2, 0.25) is 0 Å². The molecule has 0 fully saturated rings. The van der Waals surface area contributed by atoms with Gasteiger partial charge in [0.15, 0.2) is 0 Å². The van der Waals surface area contributed by atoms with Crippen molar-refractivity contribution in [1.82, 2.24) is 9.55 Å². The summed E-state index contributed by atoms with van der Waals surface area (Å²) in [6.07, 6.45) is 4.18. The SMILES string of the molecule is Brc1cc(Br)cc(-n2ccc3nc4ccccc4c-3c2)c1. The summed E-state index contributed by atoms with van der Waals surface area (Å²) in [4.78, 5) is 4.65. The molecule has 2 aliphatic heterocycles. The molecule has 2 nitrogen and oxygen atoms in total. The summed E-state index contributed by atoms with van der Waals surface area (Å²) in [6, 6.07) is 16.5. The minimum atomic E-state index is 1.03. The predicted molar refractivity (Wildman–Crippen MR) is 93.1 cm³/mol. The molecule has 0 saturated carbocycles. The number of halogens is 2. The van der Waals surface area contributed by atoms with E-state index in [4.69, 9.17) is 0 Å². The van der Waals surface area contributed by atoms with Gasteiger partial charge >= 0.3 is 0 Å². The normalized spacial score (nSPS) is 11.3. The van der Waals surface area contributed by atoms with Gasteiger partial charge in [0.25, 0.3) is 0 Å². The van der Waals surface area contributed by atoms with E-state index in [0.717, 1.165) is 25.8 Å². The number of hydrogen-bond donors (Lipinski definition) is 0. The second-order valence-corrected chi connectivity index (χ2v) is 6.74. The Morgan fingerprint density at radius 1 is 0.905 bits per heavy atom. The topological polar surface area (TPSA) is 17.8 Å². The smallest absolute Gasteiger partial charge is 0.0745 e. The van der Waals surface area contributed by atoms with E-state index in [9.17, 15) is 0 Å². The van der Waals surface area contributed by atoms with Crippen molar-refractivity contribution in [2.45, 2.75) is 0 Å². The Hall–Kier alpha value is -1.65. The molecule has 0 unspecified atom stereocenters. The summed E-state index contributed by atoms with van der Waals surface area (Å²) in [6.45, 7) is 0. The van der Waals surface area contributed by atoms with Gasteiger partial charge in [0.05, 0.1) is 11.2 Å². The Morgan fingerprint density at radius 3 is 2.48 bits per heavy atom. The standard InChI is InChI=1S/C17H10Br2N2/c18-11-7-12(19)9-13(8-11)21-6-5-17-15(10-21)14-3-1-2-4-16(14)20-17/h1-10H. The van der Waals surface area contributed by atoms with Crippen LogP contribution in [-0.4, -0.2) is 9.55 Å². The molecule has 4 heteroatoms. The Bertz CT molecular complexity index is 907. The molecule has 21 heavy (non-hydrogen) atoms. The van der Waals surface area contributed by atoms with E-state index in [-0.39, 0.29) is 0 Å². The molecular formula is C17H10Br2N2. The highest BCUT2D eigenvalue weighted by Gasteiger charge is 2.12. The van der Waals surface area contributed by atoms with Crippen LogP contribution < -0.4 is 0 Å². The highest BCUT2D eigenvalue weighted by molar-refractivity contribution is 9.11. The van der Waals surface area contributed by atoms with Gasteiger partial charge in [-0.1, -0.05) is 50.1 Å². The molecule has 2 heterocycles. The van der Waals surface area contributed by atoms with Crippen LogP contribution >= 0.6 is 31.9 Å². The van der Waals surface area contributed by atoms with Crippen molar-refractivity contribution in [3.63, 3.8) is 0 Å². The van der Waals surface area contributed by atoms with Crippen molar-refractivity contribution < 1.29 is 0 Å². The first-order valence-electron chi connectivity index (χ1n) is 6.54. The maximum atomic E-state index is 4.65. The van der Waals surface area contributed by atoms with E-state index in [1.165, 1.54) is 10.9 Å². The van der Waals surface area contributed by atoms with E-state index in [2.05, 4.69) is 84.0 Å². The molecule has 0 aliphatic carbocycles. The monoisotopic (exact) mass is 400 g/mol. The van der Waals surface area contributed by atoms with Gasteiger partial charge in [-0.2, -0.15) is 0 Å². The fourth-order valence-corrected chi connectivity index (χ4v) is 3.84. The van der Waals surface area contributed by atoms with Gasteiger partial charge in [0.1, 0.15) is 0 Å². The molecule has 102 valence electrons. The van der Waals surface area contributed by atoms with E-state index in [0.29, 0.717) is 0 Å². The fourth-order valence-electron chi connectivity index (χ4n) is 2.57. The number of aromatic nitrogens is 2. The van der Waals surface area contributed by atoms with Gasteiger partial charge in [-0.15, -0.1) is 0 Å². The summed E-state index contributed by atoms with van der Waals surface area (Å²) >= 11 is 7.07. The van der Waals surface area contributed by atoms with Crippen molar-refractivity contribution in [1.29, 1.82) is 0 Å². The second-order valence-electron chi connectivity index (χ2n) is 4.91. The Labute approximate surface area is 139 Å². The molecule has 0 amide bonds. The number of para-hydroxylation sites is 1. The van der Waals surface area contributed by atoms with Crippen LogP contribution in [0.5, 0.6) is 0 Å². The molecule has 2 aromatic rings. The molecule has 0 aromatic heterocycles. The van der Waals surface area contributed by atoms with Gasteiger partial charge in [-0.05, 0) is 30.3 Å². The third kappa shape index (κ3) is 2.28. The average Bonchev–Trinajstić information content (AvgIpc) is 2.84. The number of rotatable bonds is 1. The summed E-state index contributed by atoms with van der Waals surface area (Å²) in [5.41, 5.74) is 4.34. The zero-order valence-electron chi connectivity index (χ0n) is 10.9. The molecule has 4 rings (SSSR count). The summed E-state index contributed by atoms with van der Waals surface area (Å²) in [7, 11) is 0. The third-order valence-electron chi connectivity index (χ3n) is 3.52. The first kappa shape index (κ1) is 13.0. The summed E-state index contributed by atoms with van der Waals surface area (Å²) in [5, 5.41) is 1.19. The number of fused-ring (bicyclic) bond motifs is 3. The highest BCUT2D eigenvalue weighted by Crippen LogP contribution is 2.31. The van der Waals surface area contributed by atoms with Crippen molar-refractivity contribution in [3.05, 3.63) is 69.9 Å². The molecule has 0 radical (unpaired) electrons. The first-order valence-corrected chi connectivity index (χ1v) is 8.12. The maximum Gasteiger partial charge on any atom is 0.0745 e. The highest BCUT2D eigenvalue weighted by atomic mass is 79.9. The van der Waals surface area contributed by atoms with E-state index < -0.39 is 0 Å². The van der Waals surface area contributed by atoms with Crippen LogP contribution in [-0.2, 0) is 0 Å². The van der Waals surface area contributed by atoms with Crippen molar-refractivity contribution in [3.8, 4) is 16.9 Å². The lowest BCUT2D eigenvalue weighted by Gasteiger charge is -2.10. The lowest BCUT2D eigenvalue weighted by molar-refractivity contribution is 1.04. The van der Waals surface area contributed by atoms with Gasteiger partial charge < -0.3 is 4.57 Å². The quantitative estimate of drug-likeness (QED) is 0.402. The Kier molecular flexibility index (Phi) is 3.08. The minimum absolute atomic E-state index is 1.03. The van der Waals surface area contributed by atoms with Crippen molar-refractivity contribution >= 4 is 42.8 Å². The van der Waals surface area contributed by atoms with Crippen molar-refractivity contribution in [2.24, 2.45) is 0 Å². The number of nitrogens with zero attached hydrogens (tertiary/aromatic N) is 2. The van der Waals surface area contributed by atoms with Crippen molar-refractivity contribution in [2.75, 3.05) is 0 Å². The van der Waals surface area contributed by atoms with Crippen LogP contribution in [0.3, 0.4) is 0 Å². The third-order valence-corrected chi connectivity index (χ3v) is 4.43. The molecular weight excluding hydrogens is 392 g/mol. The van der Waals surface area contributed by atoms with Crippen LogP contribution in [0.15, 0.2) is 69.9 Å². The van der Waals surface area contributed by atoms with Crippen LogP contribution in [0, 0.1) is 0 Å². The fraction of sp³-hybridized carbons (Fsp3) is 0. The van der Waals surface area contributed by atoms with Gasteiger partial charge in [-0.25, -0.2) is 4.98 Å². The lowest BCUT2D eigenvalue weighted by Crippen LogP contribution is -1.95. The summed E-state index contributed by atoms with van der Waals surface area (Å²) in [5.74, 6) is 0. The molecule has 2 aromatic carbocycles. The van der Waals surface area contributed by atoms with E-state index >= 15 is 0 Å². The molecule has 0 N–H and O–H groups in total. The van der Waals surface area contributed by atoms with Crippen LogP contribution in [0.25, 0.3) is 27.8 Å². The Morgan fingerprint density at radius 2 is 1.67 bits per heavy atom. The summed E-state index contributed by atoms with van der Waals surface area (Å²) < 4.78 is 4.21. The Balaban J connectivity index is 1.98. The lowest BCUT2D eigenvalue weighted by atomic mass is 10.1. The zero-order chi connectivity index (χ0) is 14.4. The second kappa shape index (κ2) is 4.97. The minimum Gasteiger partial charge on any atom is -0.323 e.